The zero-order chi connectivity index (χ0) is 23.0. The van der Waals surface area contributed by atoms with Crippen molar-refractivity contribution in [1.29, 1.82) is 0 Å². The van der Waals surface area contributed by atoms with Gasteiger partial charge in [-0.1, -0.05) is 51.0 Å². The number of hydrogen-bond acceptors (Lipinski definition) is 2. The van der Waals surface area contributed by atoms with Gasteiger partial charge in [-0.15, -0.1) is 0 Å². The maximum atomic E-state index is 12.2. The summed E-state index contributed by atoms with van der Waals surface area (Å²) in [5.41, 5.74) is 8.67. The lowest BCUT2D eigenvalue weighted by atomic mass is 9.96. The molecule has 2 aromatic carbocycles. The summed E-state index contributed by atoms with van der Waals surface area (Å²) >= 11 is 0. The van der Waals surface area contributed by atoms with E-state index in [1.807, 2.05) is 0 Å². The molecule has 0 aliphatic rings. The van der Waals surface area contributed by atoms with Gasteiger partial charge in [0.05, 0.1) is 0 Å². The summed E-state index contributed by atoms with van der Waals surface area (Å²) in [6.45, 7) is 12.4. The third-order valence-corrected chi connectivity index (χ3v) is 5.64. The molecule has 2 rings (SSSR count). The second-order valence-corrected chi connectivity index (χ2v) is 8.69. The van der Waals surface area contributed by atoms with Crippen molar-refractivity contribution >= 4 is 23.2 Å². The van der Waals surface area contributed by atoms with Gasteiger partial charge in [-0.05, 0) is 80.3 Å². The van der Waals surface area contributed by atoms with Crippen molar-refractivity contribution in [3.05, 3.63) is 57.6 Å². The number of anilines is 2. The predicted octanol–water partition coefficient (Wildman–Crippen LogP) is 6.77. The molecule has 0 atom stereocenters. The minimum absolute atomic E-state index is 0.0867. The first-order valence-corrected chi connectivity index (χ1v) is 11.5. The number of unbranched alkanes of at least 4 members (excludes halogenated alkanes) is 2. The summed E-state index contributed by atoms with van der Waals surface area (Å²) in [6.07, 6.45) is 5.81. The maximum Gasteiger partial charge on any atom is 0.224 e. The molecule has 4 nitrogen and oxygen atoms in total. The molecule has 0 saturated carbocycles. The monoisotopic (exact) mass is 422 g/mol. The molecule has 0 heterocycles. The molecule has 168 valence electrons. The van der Waals surface area contributed by atoms with Crippen LogP contribution in [0.3, 0.4) is 0 Å². The van der Waals surface area contributed by atoms with Crippen LogP contribution in [0.15, 0.2) is 24.3 Å². The van der Waals surface area contributed by atoms with Gasteiger partial charge in [0.1, 0.15) is 0 Å². The van der Waals surface area contributed by atoms with Gasteiger partial charge in [0.2, 0.25) is 11.8 Å². The van der Waals surface area contributed by atoms with E-state index in [9.17, 15) is 9.59 Å². The van der Waals surface area contributed by atoms with Crippen molar-refractivity contribution in [3.8, 4) is 0 Å². The van der Waals surface area contributed by atoms with Crippen LogP contribution in [0, 0.1) is 27.7 Å². The minimum Gasteiger partial charge on any atom is -0.326 e. The number of carbonyl (C=O) groups excluding carboxylic acids is 2. The number of amides is 2. The average molecular weight is 423 g/mol. The first-order chi connectivity index (χ1) is 14.7. The Balaban J connectivity index is 2.15. The summed E-state index contributed by atoms with van der Waals surface area (Å²) in [7, 11) is 0. The van der Waals surface area contributed by atoms with Crippen molar-refractivity contribution in [1.82, 2.24) is 0 Å². The lowest BCUT2D eigenvalue weighted by Crippen LogP contribution is -2.13. The van der Waals surface area contributed by atoms with Crippen LogP contribution in [0.5, 0.6) is 0 Å². The Bertz CT molecular complexity index is 809. The summed E-state index contributed by atoms with van der Waals surface area (Å²) in [4.78, 5) is 24.3. The van der Waals surface area contributed by atoms with Gasteiger partial charge in [0.25, 0.3) is 0 Å². The Kier molecular flexibility index (Phi) is 9.29. The topological polar surface area (TPSA) is 58.2 Å². The van der Waals surface area contributed by atoms with E-state index in [0.29, 0.717) is 12.8 Å². The van der Waals surface area contributed by atoms with Crippen LogP contribution in [0.25, 0.3) is 0 Å². The van der Waals surface area contributed by atoms with E-state index < -0.39 is 0 Å². The molecule has 0 aliphatic heterocycles. The van der Waals surface area contributed by atoms with Gasteiger partial charge < -0.3 is 10.6 Å². The van der Waals surface area contributed by atoms with Gasteiger partial charge in [-0.2, -0.15) is 0 Å². The minimum atomic E-state index is 0.0867. The number of carbonyl (C=O) groups is 2. The molecule has 2 N–H and O–H groups in total. The van der Waals surface area contributed by atoms with E-state index in [0.717, 1.165) is 65.7 Å². The number of hydrogen-bond donors (Lipinski definition) is 2. The van der Waals surface area contributed by atoms with Crippen molar-refractivity contribution in [2.45, 2.75) is 86.5 Å². The summed E-state index contributed by atoms with van der Waals surface area (Å²) in [5.74, 6) is 0.173. The number of aryl methyl sites for hydroxylation is 4. The Morgan fingerprint density at radius 3 is 1.26 bits per heavy atom. The Labute approximate surface area is 187 Å². The number of rotatable bonds is 10. The standard InChI is InChI=1S/C27H38N2O2/c1-7-9-11-24(30)28-26-18(3)13-22(14-19(26)4)17-23-15-20(5)27(21(6)16-23)29-25(31)12-10-8-2/h13-16H,7-12,17H2,1-6H3,(H,28,30)(H,29,31). The second kappa shape index (κ2) is 11.7. The van der Waals surface area contributed by atoms with E-state index in [1.54, 1.807) is 0 Å². The molecule has 2 amide bonds. The molecule has 0 saturated heterocycles. The first-order valence-electron chi connectivity index (χ1n) is 11.5. The highest BCUT2D eigenvalue weighted by molar-refractivity contribution is 5.93. The molecule has 0 unspecified atom stereocenters. The second-order valence-electron chi connectivity index (χ2n) is 8.69. The lowest BCUT2D eigenvalue weighted by molar-refractivity contribution is -0.117. The van der Waals surface area contributed by atoms with Gasteiger partial charge in [0, 0.05) is 24.2 Å². The van der Waals surface area contributed by atoms with Crippen molar-refractivity contribution in [2.24, 2.45) is 0 Å². The van der Waals surface area contributed by atoms with Gasteiger partial charge in [0.15, 0.2) is 0 Å². The summed E-state index contributed by atoms with van der Waals surface area (Å²) < 4.78 is 0. The van der Waals surface area contributed by atoms with E-state index in [1.165, 1.54) is 11.1 Å². The molecule has 0 spiro atoms. The summed E-state index contributed by atoms with van der Waals surface area (Å²) in [6, 6.07) is 8.64. The molecule has 0 bridgehead atoms. The molecular weight excluding hydrogens is 384 g/mol. The highest BCUT2D eigenvalue weighted by Crippen LogP contribution is 2.27. The van der Waals surface area contributed by atoms with E-state index in [-0.39, 0.29) is 11.8 Å². The summed E-state index contributed by atoms with van der Waals surface area (Å²) in [5, 5.41) is 6.17. The largest absolute Gasteiger partial charge is 0.326 e. The normalized spacial score (nSPS) is 10.8. The van der Waals surface area contributed by atoms with Crippen LogP contribution in [-0.4, -0.2) is 11.8 Å². The van der Waals surface area contributed by atoms with Gasteiger partial charge >= 0.3 is 0 Å². The van der Waals surface area contributed by atoms with Crippen LogP contribution in [-0.2, 0) is 16.0 Å². The molecule has 2 aromatic rings. The van der Waals surface area contributed by atoms with Crippen molar-refractivity contribution in [2.75, 3.05) is 10.6 Å². The van der Waals surface area contributed by atoms with Crippen molar-refractivity contribution < 1.29 is 9.59 Å². The molecule has 0 aromatic heterocycles. The smallest absolute Gasteiger partial charge is 0.224 e. The molecule has 4 heteroatoms. The van der Waals surface area contributed by atoms with Crippen LogP contribution in [0.2, 0.25) is 0 Å². The third kappa shape index (κ3) is 7.23. The third-order valence-electron chi connectivity index (χ3n) is 5.64. The Morgan fingerprint density at radius 2 is 0.968 bits per heavy atom. The number of nitrogens with one attached hydrogen (secondary N) is 2. The SMILES string of the molecule is CCCCC(=O)Nc1c(C)cc(Cc2cc(C)c(NC(=O)CCCC)c(C)c2)cc1C. The fourth-order valence-corrected chi connectivity index (χ4v) is 4.02. The first kappa shape index (κ1) is 24.6. The van der Waals surface area contributed by atoms with Gasteiger partial charge in [-0.25, -0.2) is 0 Å². The van der Waals surface area contributed by atoms with E-state index in [4.69, 9.17) is 0 Å². The quantitative estimate of drug-likeness (QED) is 0.444. The predicted molar refractivity (Wildman–Crippen MR) is 131 cm³/mol. The molecule has 0 fully saturated rings. The molecule has 0 aliphatic carbocycles. The Hall–Kier alpha value is -2.62. The fourth-order valence-electron chi connectivity index (χ4n) is 4.02. The maximum absolute atomic E-state index is 12.2. The van der Waals surface area contributed by atoms with Crippen LogP contribution >= 0.6 is 0 Å². The van der Waals surface area contributed by atoms with Gasteiger partial charge in [-0.3, -0.25) is 9.59 Å². The highest BCUT2D eigenvalue weighted by atomic mass is 16.2. The zero-order valence-electron chi connectivity index (χ0n) is 20.1. The molecule has 31 heavy (non-hydrogen) atoms. The molecule has 0 radical (unpaired) electrons. The molecular formula is C27H38N2O2. The van der Waals surface area contributed by atoms with Crippen molar-refractivity contribution in [3.63, 3.8) is 0 Å². The fraction of sp³-hybridized carbons (Fsp3) is 0.481. The zero-order valence-corrected chi connectivity index (χ0v) is 20.1. The van der Waals surface area contributed by atoms with E-state index in [2.05, 4.69) is 76.4 Å². The van der Waals surface area contributed by atoms with E-state index >= 15 is 0 Å². The highest BCUT2D eigenvalue weighted by Gasteiger charge is 2.12. The average Bonchev–Trinajstić information content (AvgIpc) is 2.70. The lowest BCUT2D eigenvalue weighted by Gasteiger charge is -2.16. The van der Waals surface area contributed by atoms with Crippen LogP contribution in [0.4, 0.5) is 11.4 Å². The van der Waals surface area contributed by atoms with Crippen LogP contribution in [0.1, 0.15) is 85.8 Å². The van der Waals surface area contributed by atoms with Crippen LogP contribution < -0.4 is 10.6 Å². The Morgan fingerprint density at radius 1 is 0.645 bits per heavy atom. The number of benzene rings is 2.